The Morgan fingerprint density at radius 3 is 2.09 bits per heavy atom. The molecule has 9 rings (SSSR count). The highest BCUT2D eigenvalue weighted by atomic mass is 28.3. The third-order valence-corrected chi connectivity index (χ3v) is 13.8. The van der Waals surface area contributed by atoms with Gasteiger partial charge in [-0.15, -0.1) is 0 Å². The molecule has 2 aliphatic carbocycles. The minimum Gasteiger partial charge on any atom is -0.465 e. The van der Waals surface area contributed by atoms with Crippen LogP contribution in [0.5, 0.6) is 0 Å². The van der Waals surface area contributed by atoms with Crippen molar-refractivity contribution in [3.8, 4) is 22.3 Å². The Morgan fingerprint density at radius 1 is 0.702 bits per heavy atom. The maximum atomic E-state index is 6.48. The summed E-state index contributed by atoms with van der Waals surface area (Å²) >= 11 is 0. The number of aryl methyl sites for hydroxylation is 2. The summed E-state index contributed by atoms with van der Waals surface area (Å²) in [6, 6.07) is 40.5. The number of rotatable bonds is 6. The van der Waals surface area contributed by atoms with Crippen LogP contribution in [0.25, 0.3) is 45.0 Å². The molecule has 3 aliphatic rings. The highest BCUT2D eigenvalue weighted by Crippen LogP contribution is 2.58. The van der Waals surface area contributed by atoms with E-state index in [2.05, 4.69) is 117 Å². The minimum absolute atomic E-state index is 0.00893. The van der Waals surface area contributed by atoms with Gasteiger partial charge in [-0.3, -0.25) is 0 Å². The van der Waals surface area contributed by atoms with E-state index in [9.17, 15) is 0 Å². The van der Waals surface area contributed by atoms with E-state index in [4.69, 9.17) is 8.83 Å². The van der Waals surface area contributed by atoms with Crippen molar-refractivity contribution in [3.63, 3.8) is 0 Å². The molecule has 0 spiro atoms. The summed E-state index contributed by atoms with van der Waals surface area (Å²) < 4.78 is 12.8. The van der Waals surface area contributed by atoms with Gasteiger partial charge in [0.1, 0.15) is 17.3 Å². The monoisotopic (exact) mass is 625 g/mol. The first-order chi connectivity index (χ1) is 23.1. The maximum Gasteiger partial charge on any atom is 0.131 e. The topological polar surface area (TPSA) is 26.3 Å². The van der Waals surface area contributed by atoms with Crippen LogP contribution in [0.2, 0.25) is 12.1 Å². The average Bonchev–Trinajstić information content (AvgIpc) is 3.87. The van der Waals surface area contributed by atoms with E-state index in [0.717, 1.165) is 23.7 Å². The van der Waals surface area contributed by atoms with Crippen molar-refractivity contribution in [3.05, 3.63) is 160 Å². The standard InChI is InChI=1S/C44H37O2Si/c1-27-17-19-33-34(40(27)30-12-6-4-7-13-30)26-36(38-20-18-28(2)46-38)43(33)44-35(37-16-10-21-45-37)24-32-25-39(47-22-11-23-47)29(3)41(42(32)44)31-14-8-5-9-15-31/h4-10,12-21,25-26,43H,11,22-24H2,1-3H3. The van der Waals surface area contributed by atoms with Gasteiger partial charge in [-0.2, -0.15) is 0 Å². The summed E-state index contributed by atoms with van der Waals surface area (Å²) in [6.45, 7) is 6.67. The molecule has 1 atom stereocenters. The summed E-state index contributed by atoms with van der Waals surface area (Å²) in [4.78, 5) is 0. The van der Waals surface area contributed by atoms with Gasteiger partial charge in [-0.05, 0) is 112 Å². The van der Waals surface area contributed by atoms with Crippen molar-refractivity contribution >= 4 is 36.8 Å². The number of benzene rings is 4. The molecule has 3 heterocycles. The van der Waals surface area contributed by atoms with Crippen molar-refractivity contribution in [1.82, 2.24) is 0 Å². The smallest absolute Gasteiger partial charge is 0.131 e. The number of hydrogen-bond donors (Lipinski definition) is 0. The Balaban J connectivity index is 1.37. The average molecular weight is 626 g/mol. The van der Waals surface area contributed by atoms with Crippen LogP contribution in [0.3, 0.4) is 0 Å². The van der Waals surface area contributed by atoms with E-state index < -0.39 is 8.80 Å². The molecule has 1 radical (unpaired) electrons. The van der Waals surface area contributed by atoms with E-state index in [1.54, 1.807) is 5.19 Å². The zero-order valence-corrected chi connectivity index (χ0v) is 28.2. The molecule has 4 aromatic carbocycles. The molecular formula is C44H37O2Si. The van der Waals surface area contributed by atoms with Gasteiger partial charge < -0.3 is 8.83 Å². The molecule has 0 saturated carbocycles. The van der Waals surface area contributed by atoms with Crippen molar-refractivity contribution < 1.29 is 8.83 Å². The van der Waals surface area contributed by atoms with Crippen molar-refractivity contribution in [2.45, 2.75) is 51.6 Å². The quantitative estimate of drug-likeness (QED) is 0.172. The fourth-order valence-electron chi connectivity index (χ4n) is 8.33. The number of fused-ring (bicyclic) bond motifs is 2. The minimum atomic E-state index is -0.520. The highest BCUT2D eigenvalue weighted by molar-refractivity contribution is 6.76. The molecular weight excluding hydrogens is 589 g/mol. The molecule has 1 saturated heterocycles. The molecule has 0 amide bonds. The second-order valence-electron chi connectivity index (χ2n) is 13.4. The van der Waals surface area contributed by atoms with Crippen LogP contribution in [0.4, 0.5) is 0 Å². The van der Waals surface area contributed by atoms with E-state index in [1.807, 2.05) is 19.3 Å². The molecule has 229 valence electrons. The van der Waals surface area contributed by atoms with Crippen LogP contribution >= 0.6 is 0 Å². The third-order valence-electron chi connectivity index (χ3n) is 10.6. The highest BCUT2D eigenvalue weighted by Gasteiger charge is 2.41. The summed E-state index contributed by atoms with van der Waals surface area (Å²) in [5, 5.41) is 1.63. The second kappa shape index (κ2) is 11.1. The molecule has 1 fully saturated rings. The third kappa shape index (κ3) is 4.51. The number of allylic oxidation sites excluding steroid dienone is 3. The van der Waals surface area contributed by atoms with Crippen molar-refractivity contribution in [2.75, 3.05) is 0 Å². The van der Waals surface area contributed by atoms with Gasteiger partial charge in [0.15, 0.2) is 0 Å². The molecule has 1 unspecified atom stereocenters. The summed E-state index contributed by atoms with van der Waals surface area (Å²) in [7, 11) is -0.520. The lowest BCUT2D eigenvalue weighted by atomic mass is 9.78. The van der Waals surface area contributed by atoms with Crippen LogP contribution in [0.1, 0.15) is 63.0 Å². The van der Waals surface area contributed by atoms with Crippen LogP contribution < -0.4 is 5.19 Å². The van der Waals surface area contributed by atoms with Gasteiger partial charge in [0.05, 0.1) is 15.1 Å². The van der Waals surface area contributed by atoms with Gasteiger partial charge in [0.25, 0.3) is 0 Å². The predicted molar refractivity (Wildman–Crippen MR) is 196 cm³/mol. The van der Waals surface area contributed by atoms with Crippen LogP contribution in [0, 0.1) is 20.8 Å². The molecule has 0 bridgehead atoms. The van der Waals surface area contributed by atoms with E-state index in [0.29, 0.717) is 0 Å². The molecule has 6 aromatic rings. The van der Waals surface area contributed by atoms with Crippen LogP contribution in [0.15, 0.2) is 118 Å². The van der Waals surface area contributed by atoms with E-state index in [1.165, 1.54) is 90.9 Å². The van der Waals surface area contributed by atoms with E-state index in [-0.39, 0.29) is 5.92 Å². The van der Waals surface area contributed by atoms with Crippen LogP contribution in [-0.2, 0) is 6.42 Å². The zero-order valence-electron chi connectivity index (χ0n) is 27.2. The fraction of sp³-hybridized carbons (Fsp3) is 0.182. The number of furan rings is 2. The lowest BCUT2D eigenvalue weighted by Gasteiger charge is -2.29. The summed E-state index contributed by atoms with van der Waals surface area (Å²) in [5.74, 6) is 2.82. The van der Waals surface area contributed by atoms with Gasteiger partial charge in [0, 0.05) is 23.5 Å². The Labute approximate surface area is 278 Å². The normalized spacial score (nSPS) is 17.1. The number of hydrogen-bond acceptors (Lipinski definition) is 2. The van der Waals surface area contributed by atoms with Gasteiger partial charge in [-0.25, -0.2) is 0 Å². The Morgan fingerprint density at radius 2 is 1.45 bits per heavy atom. The molecule has 2 aromatic heterocycles. The zero-order chi connectivity index (χ0) is 31.6. The van der Waals surface area contributed by atoms with Crippen LogP contribution in [-0.4, -0.2) is 8.80 Å². The molecule has 0 N–H and O–H groups in total. The van der Waals surface area contributed by atoms with Crippen molar-refractivity contribution in [2.24, 2.45) is 0 Å². The van der Waals surface area contributed by atoms with Gasteiger partial charge >= 0.3 is 0 Å². The molecule has 2 nitrogen and oxygen atoms in total. The lowest BCUT2D eigenvalue weighted by Crippen LogP contribution is -2.38. The Bertz CT molecular complexity index is 2210. The first-order valence-corrected chi connectivity index (χ1v) is 18.8. The van der Waals surface area contributed by atoms with Crippen molar-refractivity contribution in [1.29, 1.82) is 0 Å². The first-order valence-electron chi connectivity index (χ1n) is 16.9. The fourth-order valence-corrected chi connectivity index (χ4v) is 10.6. The summed E-state index contributed by atoms with van der Waals surface area (Å²) in [5.41, 5.74) is 17.3. The Hall–Kier alpha value is -4.86. The summed E-state index contributed by atoms with van der Waals surface area (Å²) in [6.07, 6.45) is 6.48. The molecule has 1 aliphatic heterocycles. The first kappa shape index (κ1) is 28.4. The second-order valence-corrected chi connectivity index (χ2v) is 16.1. The molecule has 47 heavy (non-hydrogen) atoms. The van der Waals surface area contributed by atoms with E-state index >= 15 is 0 Å². The largest absolute Gasteiger partial charge is 0.465 e. The SMILES string of the molecule is Cc1ccc(C2=Cc3c(ccc(C)c3-c3ccccc3)C2C2=C(c3ccco3)Cc3cc([Si]4CCC4)c(C)c(-c4ccccc4)c32)o1. The Kier molecular flexibility index (Phi) is 6.72. The van der Waals surface area contributed by atoms with Gasteiger partial charge in [-0.1, -0.05) is 103 Å². The maximum absolute atomic E-state index is 6.48. The van der Waals surface area contributed by atoms with Gasteiger partial charge in [0.2, 0.25) is 0 Å². The molecule has 3 heteroatoms. The lowest BCUT2D eigenvalue weighted by molar-refractivity contribution is 0.520. The predicted octanol–water partition coefficient (Wildman–Crippen LogP) is 11.0.